The first kappa shape index (κ1) is 29.8. The number of aromatic hydroxyl groups is 1. The molecule has 46 heavy (non-hydrogen) atoms. The number of hydrogen-bond donors (Lipinski definition) is 2. The normalized spacial score (nSPS) is 24.4. The van der Waals surface area contributed by atoms with E-state index in [0.717, 1.165) is 58.3 Å². The van der Waals surface area contributed by atoms with Gasteiger partial charge >= 0.3 is 6.01 Å². The Morgan fingerprint density at radius 1 is 1.00 bits per heavy atom. The highest BCUT2D eigenvalue weighted by Gasteiger charge is 2.49. The second-order valence-electron chi connectivity index (χ2n) is 13.8. The lowest BCUT2D eigenvalue weighted by Crippen LogP contribution is -2.50. The lowest BCUT2D eigenvalue weighted by atomic mass is 9.86. The minimum absolute atomic E-state index is 0.0334. The largest absolute Gasteiger partial charge is 0.508 e. The number of alkyl halides is 1. The van der Waals surface area contributed by atoms with Crippen LogP contribution < -0.4 is 15.0 Å². The van der Waals surface area contributed by atoms with Crippen LogP contribution in [0.2, 0.25) is 0 Å². The number of anilines is 1. The van der Waals surface area contributed by atoms with Crippen LogP contribution in [0.15, 0.2) is 36.4 Å². The van der Waals surface area contributed by atoms with E-state index in [9.17, 15) is 13.9 Å². The number of fused-ring (bicyclic) bond motifs is 3. The van der Waals surface area contributed by atoms with Gasteiger partial charge in [-0.15, -0.1) is 0 Å². The van der Waals surface area contributed by atoms with Crippen LogP contribution in [-0.2, 0) is 6.42 Å². The maximum atomic E-state index is 16.9. The summed E-state index contributed by atoms with van der Waals surface area (Å²) in [4.78, 5) is 13.9. The van der Waals surface area contributed by atoms with Crippen LogP contribution in [0.3, 0.4) is 0 Å². The van der Waals surface area contributed by atoms with E-state index < -0.39 is 17.5 Å². The molecule has 4 aromatic rings. The zero-order chi connectivity index (χ0) is 31.6. The van der Waals surface area contributed by atoms with E-state index in [-0.39, 0.29) is 40.8 Å². The van der Waals surface area contributed by atoms with Gasteiger partial charge in [0.15, 0.2) is 5.82 Å². The van der Waals surface area contributed by atoms with E-state index in [1.165, 1.54) is 18.6 Å². The molecular weight excluding hydrogens is 591 g/mol. The third-order valence-corrected chi connectivity index (χ3v) is 11.1. The highest BCUT2D eigenvalue weighted by Crippen LogP contribution is 2.43. The van der Waals surface area contributed by atoms with Gasteiger partial charge in [0.25, 0.3) is 0 Å². The van der Waals surface area contributed by atoms with Gasteiger partial charge in [-0.05, 0) is 104 Å². The fourth-order valence-electron chi connectivity index (χ4n) is 8.79. The molecule has 1 aromatic heterocycles. The molecule has 4 aliphatic rings. The van der Waals surface area contributed by atoms with Gasteiger partial charge in [0.05, 0.1) is 5.54 Å². The van der Waals surface area contributed by atoms with E-state index >= 15 is 4.39 Å². The van der Waals surface area contributed by atoms with Crippen LogP contribution in [0.4, 0.5) is 19.0 Å². The Bertz CT molecular complexity index is 1820. The second-order valence-corrected chi connectivity index (χ2v) is 13.8. The van der Waals surface area contributed by atoms with Crippen LogP contribution in [0.25, 0.3) is 32.8 Å². The molecule has 2 N–H and O–H groups in total. The maximum Gasteiger partial charge on any atom is 0.319 e. The number of phenols is 1. The summed E-state index contributed by atoms with van der Waals surface area (Å²) in [7, 11) is 0. The fraction of sp³-hybridized carbons (Fsp3) is 0.500. The summed E-state index contributed by atoms with van der Waals surface area (Å²) in [5, 5.41) is 16.1. The second kappa shape index (κ2) is 11.3. The van der Waals surface area contributed by atoms with Gasteiger partial charge in [-0.2, -0.15) is 9.97 Å². The molecule has 3 aromatic carbocycles. The van der Waals surface area contributed by atoms with Gasteiger partial charge in [-0.3, -0.25) is 4.90 Å². The Morgan fingerprint density at radius 2 is 1.85 bits per heavy atom. The van der Waals surface area contributed by atoms with E-state index in [4.69, 9.17) is 9.72 Å². The van der Waals surface area contributed by atoms with Crippen molar-refractivity contribution >= 4 is 27.5 Å². The molecule has 0 amide bonds. The zero-order valence-electron chi connectivity index (χ0n) is 26.2. The number of aromatic nitrogens is 2. The Labute approximate surface area is 266 Å². The van der Waals surface area contributed by atoms with Crippen molar-refractivity contribution in [3.63, 3.8) is 0 Å². The highest BCUT2D eigenvalue weighted by atomic mass is 19.1. The molecule has 8 rings (SSSR count). The van der Waals surface area contributed by atoms with Crippen LogP contribution >= 0.6 is 0 Å². The number of rotatable bonds is 6. The molecule has 4 saturated heterocycles. The van der Waals surface area contributed by atoms with Crippen LogP contribution in [-0.4, -0.2) is 76.6 Å². The van der Waals surface area contributed by atoms with Gasteiger partial charge in [0.2, 0.25) is 0 Å². The first-order chi connectivity index (χ1) is 22.3. The number of ether oxygens (including phenoxy) is 1. The van der Waals surface area contributed by atoms with Gasteiger partial charge in [0.1, 0.15) is 35.7 Å². The molecule has 0 aliphatic carbocycles. The molecule has 4 aliphatic heterocycles. The van der Waals surface area contributed by atoms with Crippen molar-refractivity contribution in [3.8, 4) is 22.9 Å². The van der Waals surface area contributed by atoms with E-state index in [2.05, 4.69) is 20.1 Å². The van der Waals surface area contributed by atoms with E-state index in [1.807, 2.05) is 13.0 Å². The van der Waals surface area contributed by atoms with Crippen LogP contribution in [0.1, 0.15) is 57.4 Å². The molecule has 0 bridgehead atoms. The fourth-order valence-corrected chi connectivity index (χ4v) is 8.79. The Morgan fingerprint density at radius 3 is 2.63 bits per heavy atom. The number of nitrogens with zero attached hydrogens (tertiary/aromatic N) is 4. The van der Waals surface area contributed by atoms with E-state index in [1.54, 1.807) is 18.2 Å². The number of nitrogens with one attached hydrogen (secondary N) is 1. The minimum atomic E-state index is -0.892. The predicted octanol–water partition coefficient (Wildman–Crippen LogP) is 6.67. The average Bonchev–Trinajstić information content (AvgIpc) is 3.75. The number of phenolic OH excluding ortho intramolecular Hbond substituents is 1. The first-order valence-corrected chi connectivity index (χ1v) is 16.7. The summed E-state index contributed by atoms with van der Waals surface area (Å²) >= 11 is 0. The van der Waals surface area contributed by atoms with Gasteiger partial charge < -0.3 is 20.1 Å². The summed E-state index contributed by atoms with van der Waals surface area (Å²) in [6.45, 7) is 5.91. The van der Waals surface area contributed by atoms with Gasteiger partial charge in [-0.1, -0.05) is 19.1 Å². The lowest BCUT2D eigenvalue weighted by molar-refractivity contribution is 0.107. The van der Waals surface area contributed by atoms with Crippen molar-refractivity contribution in [2.75, 3.05) is 44.2 Å². The SMILES string of the molecule is CCc1c(F)ccc2cc(O)cc(-c3ccc4c(N5CCC6(CCCN6)CC5)nc(OC[C@@]56CCCN5C[C@H](F)C6)nc4c3F)c12. The standard InChI is InChI=1S/C36H40F3N5O2/c1-2-25-29(38)8-5-22-17-24(45)18-28(30(22)25)26-6-7-27-32(31(26)39)41-34(46-21-36-10-4-14-44(36)20-23(37)19-36)42-33(27)43-15-11-35(12-16-43)9-3-13-40-35/h5-8,17-18,23,40,45H,2-4,9-16,19-21H2,1H3/t23-,36+/m1/s1. The average molecular weight is 632 g/mol. The number of hydrogen-bond acceptors (Lipinski definition) is 7. The monoisotopic (exact) mass is 631 g/mol. The Kier molecular flexibility index (Phi) is 7.28. The van der Waals surface area contributed by atoms with E-state index in [0.29, 0.717) is 52.5 Å². The van der Waals surface area contributed by atoms with Crippen molar-refractivity contribution in [3.05, 3.63) is 53.6 Å². The van der Waals surface area contributed by atoms with Crippen LogP contribution in [0, 0.1) is 11.6 Å². The third kappa shape index (κ3) is 4.87. The van der Waals surface area contributed by atoms with Crippen molar-refractivity contribution in [1.82, 2.24) is 20.2 Å². The molecule has 0 saturated carbocycles. The van der Waals surface area contributed by atoms with Crippen molar-refractivity contribution in [1.29, 1.82) is 0 Å². The summed E-state index contributed by atoms with van der Waals surface area (Å²) in [5.74, 6) is -0.366. The summed E-state index contributed by atoms with van der Waals surface area (Å²) in [6, 6.07) is 9.64. The summed E-state index contributed by atoms with van der Waals surface area (Å²) in [5.41, 5.74) is 0.944. The Hall–Kier alpha value is -3.63. The van der Waals surface area contributed by atoms with Crippen molar-refractivity contribution < 1.29 is 23.0 Å². The molecule has 7 nitrogen and oxygen atoms in total. The molecule has 10 heteroatoms. The van der Waals surface area contributed by atoms with Crippen LogP contribution in [0.5, 0.6) is 11.8 Å². The number of halogens is 3. The molecule has 242 valence electrons. The highest BCUT2D eigenvalue weighted by molar-refractivity contribution is 6.03. The molecule has 0 radical (unpaired) electrons. The van der Waals surface area contributed by atoms with Gasteiger partial charge in [-0.25, -0.2) is 13.2 Å². The molecule has 2 atom stereocenters. The molecule has 5 heterocycles. The van der Waals surface area contributed by atoms with Gasteiger partial charge in [0, 0.05) is 42.5 Å². The maximum absolute atomic E-state index is 16.9. The first-order valence-electron chi connectivity index (χ1n) is 16.7. The molecule has 4 fully saturated rings. The Balaban J connectivity index is 1.24. The topological polar surface area (TPSA) is 73.8 Å². The molecule has 0 unspecified atom stereocenters. The van der Waals surface area contributed by atoms with Crippen molar-refractivity contribution in [2.24, 2.45) is 0 Å². The number of aryl methyl sites for hydroxylation is 1. The minimum Gasteiger partial charge on any atom is -0.508 e. The molecular formula is C36H40F3N5O2. The smallest absolute Gasteiger partial charge is 0.319 e. The molecule has 1 spiro atoms. The lowest BCUT2D eigenvalue weighted by Gasteiger charge is -2.40. The summed E-state index contributed by atoms with van der Waals surface area (Å²) in [6.07, 6.45) is 6.01. The summed E-state index contributed by atoms with van der Waals surface area (Å²) < 4.78 is 52.7. The van der Waals surface area contributed by atoms with Crippen molar-refractivity contribution in [2.45, 2.75) is 75.5 Å². The third-order valence-electron chi connectivity index (χ3n) is 11.1. The number of piperidine rings is 1. The zero-order valence-corrected chi connectivity index (χ0v) is 26.2. The quantitative estimate of drug-likeness (QED) is 0.246. The predicted molar refractivity (Wildman–Crippen MR) is 173 cm³/mol. The number of benzene rings is 3.